The van der Waals surface area contributed by atoms with Crippen molar-refractivity contribution in [3.05, 3.63) is 35.5 Å². The van der Waals surface area contributed by atoms with Gasteiger partial charge in [-0.25, -0.2) is 0 Å². The van der Waals surface area contributed by atoms with Crippen LogP contribution in [0.3, 0.4) is 0 Å². The fraction of sp³-hybridized carbons (Fsp3) is 0.825. The molecule has 0 aromatic rings. The van der Waals surface area contributed by atoms with Crippen molar-refractivity contribution in [2.45, 2.75) is 158 Å². The van der Waals surface area contributed by atoms with E-state index in [9.17, 15) is 9.90 Å². The first-order chi connectivity index (χ1) is 21.2. The maximum atomic E-state index is 10.8. The molecule has 4 atom stereocenters. The van der Waals surface area contributed by atoms with Gasteiger partial charge >= 0.3 is 0 Å². The Morgan fingerprint density at radius 2 is 1.62 bits per heavy atom. The van der Waals surface area contributed by atoms with E-state index < -0.39 is 5.60 Å². The topological polar surface area (TPSA) is 89.8 Å². The van der Waals surface area contributed by atoms with E-state index in [1.54, 1.807) is 5.57 Å². The first kappa shape index (κ1) is 43.6. The molecule has 264 valence electrons. The number of aliphatic hydroxyl groups is 3. The van der Waals surface area contributed by atoms with Gasteiger partial charge in [0.05, 0.1) is 5.60 Å². The number of fused-ring (bicyclic) bond motifs is 1. The first-order valence-electron chi connectivity index (χ1n) is 18.5. The summed E-state index contributed by atoms with van der Waals surface area (Å²) in [5, 5.41) is 29.2. The number of carbonyl (C=O) groups is 1. The van der Waals surface area contributed by atoms with Crippen molar-refractivity contribution in [2.24, 2.45) is 35.0 Å². The SMILES string of the molecule is C=C1CCCC/C1=C/C=C1\CCCC2(C)C1CCC2[C@H](C)CCCC(C)(C)O.CC.CC(C)C(=O)NCCCO.CC(C)CO. The highest BCUT2D eigenvalue weighted by Gasteiger charge is 2.50. The van der Waals surface area contributed by atoms with Crippen LogP contribution in [-0.4, -0.2) is 46.6 Å². The van der Waals surface area contributed by atoms with Crippen LogP contribution in [0.15, 0.2) is 35.5 Å². The van der Waals surface area contributed by atoms with E-state index in [2.05, 4.69) is 37.9 Å². The van der Waals surface area contributed by atoms with Crippen LogP contribution in [0.2, 0.25) is 0 Å². The average Bonchev–Trinajstić information content (AvgIpc) is 3.35. The summed E-state index contributed by atoms with van der Waals surface area (Å²) in [7, 11) is 0. The van der Waals surface area contributed by atoms with Crippen LogP contribution < -0.4 is 5.32 Å². The summed E-state index contributed by atoms with van der Waals surface area (Å²) in [5.41, 5.74) is 4.59. The monoisotopic (exact) mass is 634 g/mol. The number of allylic oxidation sites excluding steroid dienone is 5. The van der Waals surface area contributed by atoms with Crippen LogP contribution in [0, 0.1) is 35.0 Å². The van der Waals surface area contributed by atoms with Gasteiger partial charge in [0.1, 0.15) is 0 Å². The van der Waals surface area contributed by atoms with E-state index in [-0.39, 0.29) is 18.4 Å². The zero-order chi connectivity index (χ0) is 34.6. The Bertz CT molecular complexity index is 881. The van der Waals surface area contributed by atoms with Crippen molar-refractivity contribution in [2.75, 3.05) is 19.8 Å². The lowest BCUT2D eigenvalue weighted by Gasteiger charge is -2.44. The Kier molecular flexibility index (Phi) is 22.3. The molecule has 3 unspecified atom stereocenters. The van der Waals surface area contributed by atoms with Gasteiger partial charge in [0.2, 0.25) is 5.91 Å². The molecule has 1 amide bonds. The number of nitrogens with one attached hydrogen (secondary N) is 1. The van der Waals surface area contributed by atoms with Gasteiger partial charge in [-0.1, -0.05) is 98.1 Å². The molecule has 4 N–H and O–H groups in total. The number of rotatable bonds is 11. The van der Waals surface area contributed by atoms with Crippen LogP contribution in [0.25, 0.3) is 0 Å². The van der Waals surface area contributed by atoms with Gasteiger partial charge in [-0.05, 0) is 119 Å². The molecule has 3 aliphatic rings. The van der Waals surface area contributed by atoms with Crippen molar-refractivity contribution in [3.8, 4) is 0 Å². The van der Waals surface area contributed by atoms with E-state index >= 15 is 0 Å². The van der Waals surface area contributed by atoms with Crippen LogP contribution in [0.4, 0.5) is 0 Å². The Morgan fingerprint density at radius 3 is 2.16 bits per heavy atom. The quantitative estimate of drug-likeness (QED) is 0.171. The van der Waals surface area contributed by atoms with E-state index in [1.165, 1.54) is 75.4 Å². The van der Waals surface area contributed by atoms with Gasteiger partial charge in [0, 0.05) is 25.7 Å². The number of amides is 1. The Hall–Kier alpha value is -1.43. The first-order valence-corrected chi connectivity index (χ1v) is 18.5. The highest BCUT2D eigenvalue weighted by molar-refractivity contribution is 5.77. The van der Waals surface area contributed by atoms with Crippen LogP contribution in [-0.2, 0) is 4.79 Å². The van der Waals surface area contributed by atoms with Crippen molar-refractivity contribution < 1.29 is 20.1 Å². The summed E-state index contributed by atoms with van der Waals surface area (Å²) >= 11 is 0. The van der Waals surface area contributed by atoms with Crippen LogP contribution >= 0.6 is 0 Å². The lowest BCUT2D eigenvalue weighted by Crippen LogP contribution is -2.36. The third-order valence-corrected chi connectivity index (χ3v) is 9.82. The summed E-state index contributed by atoms with van der Waals surface area (Å²) < 4.78 is 0. The number of hydrogen-bond acceptors (Lipinski definition) is 4. The summed E-state index contributed by atoms with van der Waals surface area (Å²) in [5.74, 6) is 2.94. The fourth-order valence-electron chi connectivity index (χ4n) is 7.17. The molecule has 3 fully saturated rings. The smallest absolute Gasteiger partial charge is 0.222 e. The summed E-state index contributed by atoms with van der Waals surface area (Å²) in [6.07, 6.45) is 20.8. The Balaban J connectivity index is 0.000000944. The van der Waals surface area contributed by atoms with Crippen molar-refractivity contribution >= 4 is 5.91 Å². The highest BCUT2D eigenvalue weighted by atomic mass is 16.3. The third-order valence-electron chi connectivity index (χ3n) is 9.82. The second kappa shape index (κ2) is 23.0. The van der Waals surface area contributed by atoms with Crippen LogP contribution in [0.5, 0.6) is 0 Å². The fourth-order valence-corrected chi connectivity index (χ4v) is 7.17. The van der Waals surface area contributed by atoms with Crippen molar-refractivity contribution in [1.82, 2.24) is 5.32 Å². The molecule has 0 bridgehead atoms. The molecule has 3 rings (SSSR count). The molecular formula is C40H75NO4. The minimum Gasteiger partial charge on any atom is -0.396 e. The molecule has 0 aromatic carbocycles. The van der Waals surface area contributed by atoms with E-state index in [0.29, 0.717) is 30.9 Å². The van der Waals surface area contributed by atoms with Crippen molar-refractivity contribution in [3.63, 3.8) is 0 Å². The zero-order valence-corrected chi connectivity index (χ0v) is 31.3. The zero-order valence-electron chi connectivity index (χ0n) is 31.3. The molecule has 0 saturated heterocycles. The minimum atomic E-state index is -0.515. The maximum Gasteiger partial charge on any atom is 0.222 e. The molecule has 3 saturated carbocycles. The van der Waals surface area contributed by atoms with Gasteiger partial charge in [-0.15, -0.1) is 0 Å². The molecular weight excluding hydrogens is 558 g/mol. The van der Waals surface area contributed by atoms with Gasteiger partial charge in [-0.2, -0.15) is 0 Å². The van der Waals surface area contributed by atoms with E-state index in [4.69, 9.17) is 10.2 Å². The van der Waals surface area contributed by atoms with Crippen LogP contribution in [0.1, 0.15) is 153 Å². The summed E-state index contributed by atoms with van der Waals surface area (Å²) in [4.78, 5) is 10.8. The van der Waals surface area contributed by atoms with E-state index in [0.717, 1.165) is 30.6 Å². The minimum absolute atomic E-state index is 0.0405. The third kappa shape index (κ3) is 16.8. The predicted octanol–water partition coefficient (Wildman–Crippen LogP) is 9.56. The second-order valence-electron chi connectivity index (χ2n) is 15.1. The number of carbonyl (C=O) groups excluding carboxylic acids is 1. The molecule has 45 heavy (non-hydrogen) atoms. The van der Waals surface area contributed by atoms with Gasteiger partial charge < -0.3 is 20.6 Å². The predicted molar refractivity (Wildman–Crippen MR) is 194 cm³/mol. The molecule has 0 heterocycles. The molecule has 0 aromatic heterocycles. The second-order valence-corrected chi connectivity index (χ2v) is 15.1. The number of hydrogen-bond donors (Lipinski definition) is 4. The van der Waals surface area contributed by atoms with Crippen molar-refractivity contribution in [1.29, 1.82) is 0 Å². The summed E-state index contributed by atoms with van der Waals surface area (Å²) in [6, 6.07) is 0. The molecule has 0 spiro atoms. The van der Waals surface area contributed by atoms with Gasteiger partial charge in [0.15, 0.2) is 0 Å². The Morgan fingerprint density at radius 1 is 1.00 bits per heavy atom. The molecule has 5 nitrogen and oxygen atoms in total. The van der Waals surface area contributed by atoms with E-state index in [1.807, 2.05) is 55.4 Å². The molecule has 0 radical (unpaired) electrons. The van der Waals surface area contributed by atoms with Gasteiger partial charge in [-0.3, -0.25) is 4.79 Å². The normalized spacial score (nSPS) is 25.4. The highest BCUT2D eigenvalue weighted by Crippen LogP contribution is 2.60. The summed E-state index contributed by atoms with van der Waals surface area (Å²) in [6.45, 7) is 25.9. The number of aliphatic hydroxyl groups excluding tert-OH is 2. The standard InChI is InChI=1S/C27H44O.C7H15NO2.C4H10O.C2H6/c1-20-10-6-7-12-22(20)14-15-23-13-9-19-27(5)24(16-17-25(23)27)21(2)11-8-18-26(3,4)28;1-6(2)7(10)8-4-3-5-9;1-4(2)3-5;1-2/h14-15,21,24-25,28H,1,6-13,16-19H2,2-5H3;6,9H,3-5H2,1-2H3,(H,8,10);4-5H,3H2,1-2H3;1-2H3/b22-14-,23-15+;;;/t21-,24?,25?,27?;;;/m1.../s1. The lowest BCUT2D eigenvalue weighted by molar-refractivity contribution is -0.124. The van der Waals surface area contributed by atoms with Gasteiger partial charge in [0.25, 0.3) is 0 Å². The Labute approximate surface area is 279 Å². The molecule has 0 aliphatic heterocycles. The lowest BCUT2D eigenvalue weighted by atomic mass is 9.60. The molecule has 5 heteroatoms. The largest absolute Gasteiger partial charge is 0.396 e. The maximum absolute atomic E-state index is 10.8. The average molecular weight is 634 g/mol. The molecule has 3 aliphatic carbocycles.